The van der Waals surface area contributed by atoms with Gasteiger partial charge >= 0.3 is 5.97 Å². The van der Waals surface area contributed by atoms with Crippen LogP contribution in [0.5, 0.6) is 0 Å². The Hall–Kier alpha value is -0.990. The van der Waals surface area contributed by atoms with Gasteiger partial charge in [-0.1, -0.05) is 67.0 Å². The number of esters is 1. The van der Waals surface area contributed by atoms with Crippen LogP contribution in [0.15, 0.2) is 11.6 Å². The average molecular weight is 591 g/mol. The maximum Gasteiger partial charge on any atom is 0.309 e. The summed E-state index contributed by atoms with van der Waals surface area (Å²) in [4.78, 5) is 12.9. The van der Waals surface area contributed by atoms with Crippen LogP contribution in [0, 0.1) is 56.2 Å². The molecule has 240 valence electrons. The number of aliphatic hydroxyl groups excluding tert-OH is 5. The number of hydrogen-bond acceptors (Lipinski definition) is 7. The summed E-state index contributed by atoms with van der Waals surface area (Å²) < 4.78 is 6.00. The molecule has 0 saturated heterocycles. The van der Waals surface area contributed by atoms with Gasteiger partial charge in [-0.05, 0) is 85.4 Å². The quantitative estimate of drug-likeness (QED) is 0.234. The second-order valence-corrected chi connectivity index (χ2v) is 16.9. The zero-order valence-electron chi connectivity index (χ0n) is 27.3. The minimum Gasteiger partial charge on any atom is -0.459 e. The van der Waals surface area contributed by atoms with E-state index in [-0.39, 0.29) is 53.2 Å². The molecule has 7 nitrogen and oxygen atoms in total. The third kappa shape index (κ3) is 3.98. The molecule has 5 rings (SSSR count). The van der Waals surface area contributed by atoms with Crippen molar-refractivity contribution in [2.45, 2.75) is 131 Å². The fraction of sp³-hybridized carbons (Fsp3) is 0.914. The lowest BCUT2D eigenvalue weighted by Gasteiger charge is -2.72. The standard InChI is InChI=1S/C35H58O7/c1-9-20(2)29(41)42-28-27(40)35(19-37)22(16-30(28,3)4)21-10-11-24-31(5)14-13-25(38)32(6,18-36)23(31)12-15-33(24,7)34(21,8)17-26(35)39/h10,20,22-28,36-40H,9,11-19H2,1-8H3/t20-,22-,23+,24+,25-,26-,27-,28-,31-,32-,33+,34+,35-/m0/s1. The van der Waals surface area contributed by atoms with Gasteiger partial charge < -0.3 is 30.3 Å². The normalized spacial score (nSPS) is 52.1. The number of fused-ring (bicyclic) bond motifs is 7. The van der Waals surface area contributed by atoms with Gasteiger partial charge in [-0.3, -0.25) is 4.79 Å². The predicted octanol–water partition coefficient (Wildman–Crippen LogP) is 4.62. The molecule has 0 aromatic carbocycles. The molecular weight excluding hydrogens is 532 g/mol. The highest BCUT2D eigenvalue weighted by Gasteiger charge is 2.72. The van der Waals surface area contributed by atoms with Crippen LogP contribution in [-0.2, 0) is 9.53 Å². The van der Waals surface area contributed by atoms with E-state index in [2.05, 4.69) is 33.8 Å². The second-order valence-electron chi connectivity index (χ2n) is 16.9. The molecule has 5 aliphatic carbocycles. The number of allylic oxidation sites excluding steroid dienone is 2. The van der Waals surface area contributed by atoms with Crippen LogP contribution in [0.4, 0.5) is 0 Å². The monoisotopic (exact) mass is 590 g/mol. The van der Waals surface area contributed by atoms with E-state index in [1.807, 2.05) is 27.7 Å². The lowest BCUT2D eigenvalue weighted by atomic mass is 9.33. The minimum atomic E-state index is -1.21. The Morgan fingerprint density at radius 3 is 2.21 bits per heavy atom. The van der Waals surface area contributed by atoms with Gasteiger partial charge in [0.25, 0.3) is 0 Å². The minimum absolute atomic E-state index is 0.0221. The summed E-state index contributed by atoms with van der Waals surface area (Å²) in [5.41, 5.74) is -1.62. The molecule has 4 fully saturated rings. The van der Waals surface area contributed by atoms with E-state index in [0.717, 1.165) is 25.7 Å². The lowest BCUT2D eigenvalue weighted by molar-refractivity contribution is -0.263. The number of hydrogen-bond donors (Lipinski definition) is 5. The first-order valence-electron chi connectivity index (χ1n) is 16.6. The van der Waals surface area contributed by atoms with E-state index in [4.69, 9.17) is 4.74 Å². The van der Waals surface area contributed by atoms with Crippen molar-refractivity contribution < 1.29 is 35.1 Å². The lowest BCUT2D eigenvalue weighted by Crippen LogP contribution is -2.72. The molecule has 5 aliphatic rings. The van der Waals surface area contributed by atoms with E-state index in [0.29, 0.717) is 31.6 Å². The molecule has 5 N–H and O–H groups in total. The van der Waals surface area contributed by atoms with E-state index >= 15 is 0 Å². The van der Waals surface area contributed by atoms with Crippen LogP contribution >= 0.6 is 0 Å². The van der Waals surface area contributed by atoms with Crippen molar-refractivity contribution in [2.75, 3.05) is 13.2 Å². The number of carbonyl (C=O) groups is 1. The first kappa shape index (κ1) is 32.4. The molecule has 0 amide bonds. The van der Waals surface area contributed by atoms with Crippen molar-refractivity contribution >= 4 is 5.97 Å². The topological polar surface area (TPSA) is 127 Å². The van der Waals surface area contributed by atoms with Crippen molar-refractivity contribution in [2.24, 2.45) is 56.2 Å². The summed E-state index contributed by atoms with van der Waals surface area (Å²) in [7, 11) is 0. The van der Waals surface area contributed by atoms with Gasteiger partial charge in [0, 0.05) is 10.8 Å². The van der Waals surface area contributed by atoms with Gasteiger partial charge in [0.05, 0.1) is 36.8 Å². The second kappa shape index (κ2) is 10.3. The Morgan fingerprint density at radius 1 is 0.952 bits per heavy atom. The van der Waals surface area contributed by atoms with Gasteiger partial charge in [0.15, 0.2) is 0 Å². The fourth-order valence-electron chi connectivity index (χ4n) is 11.5. The Morgan fingerprint density at radius 2 is 1.62 bits per heavy atom. The highest BCUT2D eigenvalue weighted by molar-refractivity contribution is 5.72. The number of ether oxygens (including phenoxy) is 1. The third-order valence-corrected chi connectivity index (χ3v) is 14.8. The van der Waals surface area contributed by atoms with Crippen LogP contribution in [-0.4, -0.2) is 69.1 Å². The summed E-state index contributed by atoms with van der Waals surface area (Å²) in [5, 5.41) is 56.7. The summed E-state index contributed by atoms with van der Waals surface area (Å²) in [5.74, 6) is -0.370. The van der Waals surface area contributed by atoms with Crippen LogP contribution in [0.25, 0.3) is 0 Å². The van der Waals surface area contributed by atoms with E-state index < -0.39 is 40.7 Å². The largest absolute Gasteiger partial charge is 0.459 e. The Balaban J connectivity index is 1.57. The van der Waals surface area contributed by atoms with Gasteiger partial charge in [0.2, 0.25) is 0 Å². The number of rotatable bonds is 5. The first-order chi connectivity index (χ1) is 19.4. The van der Waals surface area contributed by atoms with Crippen LogP contribution < -0.4 is 0 Å². The average Bonchev–Trinajstić information content (AvgIpc) is 2.93. The number of aliphatic hydroxyl groups is 5. The van der Waals surface area contributed by atoms with Crippen molar-refractivity contribution in [1.29, 1.82) is 0 Å². The summed E-state index contributed by atoms with van der Waals surface area (Å²) in [6.45, 7) is 16.6. The molecule has 7 heteroatoms. The molecule has 0 bridgehead atoms. The highest BCUT2D eigenvalue weighted by atomic mass is 16.6. The fourth-order valence-corrected chi connectivity index (χ4v) is 11.5. The summed E-state index contributed by atoms with van der Waals surface area (Å²) in [6.07, 6.45) is 4.82. The zero-order valence-corrected chi connectivity index (χ0v) is 27.3. The van der Waals surface area contributed by atoms with Gasteiger partial charge in [0.1, 0.15) is 12.2 Å². The van der Waals surface area contributed by atoms with Crippen molar-refractivity contribution in [3.8, 4) is 0 Å². The third-order valence-electron chi connectivity index (χ3n) is 14.8. The molecule has 13 atom stereocenters. The smallest absolute Gasteiger partial charge is 0.309 e. The molecule has 0 spiro atoms. The molecule has 0 unspecified atom stereocenters. The SMILES string of the molecule is CC[C@H](C)C(=O)O[C@H]1[C@H](O)[C@]2(CO)[C@@H](O)C[C@]3(C)C(=CC[C@@H]4[C@@]5(C)CC[C@H](O)[C@@](C)(CO)[C@@H]5CC[C@]43C)[C@@H]2CC1(C)C. The Kier molecular flexibility index (Phi) is 7.92. The van der Waals surface area contributed by atoms with Crippen molar-refractivity contribution in [1.82, 2.24) is 0 Å². The van der Waals surface area contributed by atoms with Crippen molar-refractivity contribution in [3.05, 3.63) is 11.6 Å². The molecule has 0 aromatic heterocycles. The van der Waals surface area contributed by atoms with Crippen LogP contribution in [0.2, 0.25) is 0 Å². The predicted molar refractivity (Wildman–Crippen MR) is 161 cm³/mol. The van der Waals surface area contributed by atoms with E-state index in [9.17, 15) is 30.3 Å². The van der Waals surface area contributed by atoms with Crippen LogP contribution in [0.3, 0.4) is 0 Å². The first-order valence-corrected chi connectivity index (χ1v) is 16.6. The molecule has 0 aliphatic heterocycles. The van der Waals surface area contributed by atoms with E-state index in [1.54, 1.807) is 0 Å². The molecule has 0 heterocycles. The van der Waals surface area contributed by atoms with Gasteiger partial charge in [-0.25, -0.2) is 0 Å². The van der Waals surface area contributed by atoms with Crippen LogP contribution in [0.1, 0.15) is 107 Å². The van der Waals surface area contributed by atoms with Crippen molar-refractivity contribution in [3.63, 3.8) is 0 Å². The molecule has 4 saturated carbocycles. The molecule has 0 aromatic rings. The number of carbonyl (C=O) groups excluding carboxylic acids is 1. The Labute approximate surface area is 253 Å². The van der Waals surface area contributed by atoms with E-state index in [1.165, 1.54) is 5.57 Å². The maximum absolute atomic E-state index is 12.9. The Bertz CT molecular complexity index is 1100. The molecule has 42 heavy (non-hydrogen) atoms. The maximum atomic E-state index is 12.9. The molecule has 0 radical (unpaired) electrons. The summed E-state index contributed by atoms with van der Waals surface area (Å²) in [6, 6.07) is 0. The van der Waals surface area contributed by atoms with Gasteiger partial charge in [-0.2, -0.15) is 0 Å². The molecular formula is C35H58O7. The zero-order chi connectivity index (χ0) is 31.3. The summed E-state index contributed by atoms with van der Waals surface area (Å²) >= 11 is 0. The van der Waals surface area contributed by atoms with Gasteiger partial charge in [-0.15, -0.1) is 0 Å². The highest BCUT2D eigenvalue weighted by Crippen LogP contribution is 2.75.